The maximum atomic E-state index is 14.3. The van der Waals surface area contributed by atoms with Gasteiger partial charge in [-0.1, -0.05) is 48.0 Å². The van der Waals surface area contributed by atoms with Gasteiger partial charge in [-0.15, -0.1) is 0 Å². The number of carbonyl (C=O) groups excluding carboxylic acids is 1. The number of imidazole rings is 1. The number of rotatable bonds is 6. The van der Waals surface area contributed by atoms with Crippen LogP contribution in [0, 0.1) is 5.82 Å². The molecule has 0 aliphatic heterocycles. The third-order valence-corrected chi connectivity index (χ3v) is 4.59. The van der Waals surface area contributed by atoms with Gasteiger partial charge in [0.25, 0.3) is 0 Å². The molecule has 0 saturated heterocycles. The zero-order valence-corrected chi connectivity index (χ0v) is 15.1. The van der Waals surface area contributed by atoms with E-state index in [0.29, 0.717) is 22.8 Å². The Bertz CT molecular complexity index is 909. The van der Waals surface area contributed by atoms with Crippen LogP contribution < -0.4 is 5.32 Å². The molecule has 1 N–H and O–H groups in total. The molecule has 0 aliphatic rings. The molecule has 26 heavy (non-hydrogen) atoms. The third kappa shape index (κ3) is 4.11. The summed E-state index contributed by atoms with van der Waals surface area (Å²) in [5.41, 5.74) is 1.29. The van der Waals surface area contributed by atoms with E-state index in [4.69, 9.17) is 11.6 Å². The number of nitrogens with one attached hydrogen (secondary N) is 1. The van der Waals surface area contributed by atoms with Gasteiger partial charge in [-0.05, 0) is 24.1 Å². The SMILES string of the molecule is Cn1ccnc1C(NC(=O)CCc1ccccc1Cl)c1ccccc1F. The Hall–Kier alpha value is -2.66. The van der Waals surface area contributed by atoms with Gasteiger partial charge in [-0.2, -0.15) is 0 Å². The molecule has 1 atom stereocenters. The summed E-state index contributed by atoms with van der Waals surface area (Å²) in [5.74, 6) is -0.00531. The molecule has 2 aromatic carbocycles. The molecule has 3 aromatic rings. The van der Waals surface area contributed by atoms with Gasteiger partial charge in [0.15, 0.2) is 0 Å². The lowest BCUT2D eigenvalue weighted by Crippen LogP contribution is -2.31. The van der Waals surface area contributed by atoms with Gasteiger partial charge in [0.2, 0.25) is 5.91 Å². The van der Waals surface area contributed by atoms with Crippen molar-refractivity contribution in [3.63, 3.8) is 0 Å². The van der Waals surface area contributed by atoms with E-state index in [1.165, 1.54) is 6.07 Å². The average Bonchev–Trinajstić information content (AvgIpc) is 3.05. The highest BCUT2D eigenvalue weighted by Gasteiger charge is 2.23. The minimum Gasteiger partial charge on any atom is -0.342 e. The molecular weight excluding hydrogens is 353 g/mol. The molecule has 1 aromatic heterocycles. The molecule has 3 rings (SSSR count). The molecule has 1 amide bonds. The Labute approximate surface area is 156 Å². The standard InChI is InChI=1S/C20H19ClFN3O/c1-25-13-12-23-20(25)19(15-7-3-5-9-17(15)22)24-18(26)11-10-14-6-2-4-8-16(14)21/h2-9,12-13,19H,10-11H2,1H3,(H,24,26). The van der Waals surface area contributed by atoms with E-state index < -0.39 is 6.04 Å². The predicted octanol–water partition coefficient (Wildman–Crippen LogP) is 4.05. The van der Waals surface area contributed by atoms with Crippen LogP contribution in [0.5, 0.6) is 0 Å². The van der Waals surface area contributed by atoms with E-state index >= 15 is 0 Å². The largest absolute Gasteiger partial charge is 0.342 e. The van der Waals surface area contributed by atoms with E-state index in [1.807, 2.05) is 25.2 Å². The zero-order valence-electron chi connectivity index (χ0n) is 14.3. The number of aromatic nitrogens is 2. The molecule has 0 spiro atoms. The molecule has 0 aliphatic carbocycles. The fourth-order valence-electron chi connectivity index (χ4n) is 2.83. The smallest absolute Gasteiger partial charge is 0.221 e. The first-order chi connectivity index (χ1) is 12.6. The Balaban J connectivity index is 1.78. The molecule has 1 unspecified atom stereocenters. The van der Waals surface area contributed by atoms with Gasteiger partial charge in [-0.3, -0.25) is 4.79 Å². The van der Waals surface area contributed by atoms with Gasteiger partial charge in [0, 0.05) is 36.4 Å². The Morgan fingerprint density at radius 1 is 1.23 bits per heavy atom. The quantitative estimate of drug-likeness (QED) is 0.710. The highest BCUT2D eigenvalue weighted by atomic mass is 35.5. The molecule has 0 fully saturated rings. The second-order valence-corrected chi connectivity index (χ2v) is 6.42. The topological polar surface area (TPSA) is 46.9 Å². The van der Waals surface area contributed by atoms with E-state index in [0.717, 1.165) is 5.56 Å². The van der Waals surface area contributed by atoms with Crippen molar-refractivity contribution in [3.05, 3.63) is 88.7 Å². The summed E-state index contributed by atoms with van der Waals surface area (Å²) in [7, 11) is 1.81. The second-order valence-electron chi connectivity index (χ2n) is 6.01. The predicted molar refractivity (Wildman–Crippen MR) is 99.4 cm³/mol. The summed E-state index contributed by atoms with van der Waals surface area (Å²) in [6.07, 6.45) is 4.15. The van der Waals surface area contributed by atoms with E-state index in [-0.39, 0.29) is 18.1 Å². The van der Waals surface area contributed by atoms with Crippen molar-refractivity contribution in [1.82, 2.24) is 14.9 Å². The van der Waals surface area contributed by atoms with E-state index in [2.05, 4.69) is 10.3 Å². The molecule has 0 bridgehead atoms. The number of benzene rings is 2. The summed E-state index contributed by atoms with van der Waals surface area (Å²) < 4.78 is 16.1. The number of hydrogen-bond acceptors (Lipinski definition) is 2. The van der Waals surface area contributed by atoms with Crippen molar-refractivity contribution in [3.8, 4) is 0 Å². The van der Waals surface area contributed by atoms with Crippen molar-refractivity contribution in [1.29, 1.82) is 0 Å². The van der Waals surface area contributed by atoms with Crippen LogP contribution in [-0.2, 0) is 18.3 Å². The van der Waals surface area contributed by atoms with Crippen LogP contribution >= 0.6 is 11.6 Å². The molecular formula is C20H19ClFN3O. The monoisotopic (exact) mass is 371 g/mol. The summed E-state index contributed by atoms with van der Waals surface area (Å²) in [4.78, 5) is 16.8. The van der Waals surface area contributed by atoms with Crippen molar-refractivity contribution in [2.75, 3.05) is 0 Å². The first kappa shape index (κ1) is 18.1. The number of nitrogens with zero attached hydrogens (tertiary/aromatic N) is 2. The van der Waals surface area contributed by atoms with Crippen LogP contribution in [0.3, 0.4) is 0 Å². The fraction of sp³-hybridized carbons (Fsp3) is 0.200. The van der Waals surface area contributed by atoms with Crippen molar-refractivity contribution >= 4 is 17.5 Å². The normalized spacial score (nSPS) is 12.0. The van der Waals surface area contributed by atoms with Gasteiger partial charge in [-0.25, -0.2) is 9.37 Å². The number of carbonyl (C=O) groups is 1. The Morgan fingerprint density at radius 2 is 1.96 bits per heavy atom. The lowest BCUT2D eigenvalue weighted by molar-refractivity contribution is -0.121. The van der Waals surface area contributed by atoms with Crippen molar-refractivity contribution in [2.45, 2.75) is 18.9 Å². The minimum atomic E-state index is -0.657. The van der Waals surface area contributed by atoms with Crippen LogP contribution in [0.4, 0.5) is 4.39 Å². The highest BCUT2D eigenvalue weighted by Crippen LogP contribution is 2.23. The molecule has 4 nitrogen and oxygen atoms in total. The summed E-state index contributed by atoms with van der Waals surface area (Å²) in [6.45, 7) is 0. The van der Waals surface area contributed by atoms with Gasteiger partial charge < -0.3 is 9.88 Å². The first-order valence-electron chi connectivity index (χ1n) is 8.30. The molecule has 6 heteroatoms. The maximum Gasteiger partial charge on any atom is 0.221 e. The molecule has 0 saturated carbocycles. The van der Waals surface area contributed by atoms with Crippen LogP contribution in [0.2, 0.25) is 5.02 Å². The fourth-order valence-corrected chi connectivity index (χ4v) is 3.06. The van der Waals surface area contributed by atoms with Crippen molar-refractivity contribution in [2.24, 2.45) is 7.05 Å². The van der Waals surface area contributed by atoms with E-state index in [1.54, 1.807) is 41.2 Å². The third-order valence-electron chi connectivity index (χ3n) is 4.22. The van der Waals surface area contributed by atoms with Gasteiger partial charge in [0.05, 0.1) is 0 Å². The molecule has 0 radical (unpaired) electrons. The van der Waals surface area contributed by atoms with Gasteiger partial charge >= 0.3 is 0 Å². The van der Waals surface area contributed by atoms with Crippen LogP contribution in [0.25, 0.3) is 0 Å². The minimum absolute atomic E-state index is 0.193. The highest BCUT2D eigenvalue weighted by molar-refractivity contribution is 6.31. The van der Waals surface area contributed by atoms with Crippen LogP contribution in [0.1, 0.15) is 29.4 Å². The Kier molecular flexibility index (Phi) is 5.68. The second kappa shape index (κ2) is 8.15. The number of hydrogen-bond donors (Lipinski definition) is 1. The lowest BCUT2D eigenvalue weighted by atomic mass is 10.0. The molecule has 134 valence electrons. The first-order valence-corrected chi connectivity index (χ1v) is 8.68. The zero-order chi connectivity index (χ0) is 18.5. The number of amides is 1. The van der Waals surface area contributed by atoms with Crippen LogP contribution in [-0.4, -0.2) is 15.5 Å². The van der Waals surface area contributed by atoms with Gasteiger partial charge in [0.1, 0.15) is 17.7 Å². The summed E-state index contributed by atoms with van der Waals surface area (Å²) in [6, 6.07) is 13.2. The average molecular weight is 372 g/mol. The summed E-state index contributed by atoms with van der Waals surface area (Å²) in [5, 5.41) is 3.54. The molecule has 1 heterocycles. The van der Waals surface area contributed by atoms with E-state index in [9.17, 15) is 9.18 Å². The Morgan fingerprint density at radius 3 is 2.65 bits per heavy atom. The summed E-state index contributed by atoms with van der Waals surface area (Å²) >= 11 is 6.14. The maximum absolute atomic E-state index is 14.3. The number of aryl methyl sites for hydroxylation is 2. The van der Waals surface area contributed by atoms with Crippen molar-refractivity contribution < 1.29 is 9.18 Å². The number of halogens is 2. The lowest BCUT2D eigenvalue weighted by Gasteiger charge is -2.20. The van der Waals surface area contributed by atoms with Crippen LogP contribution in [0.15, 0.2) is 60.9 Å².